The molecule has 0 aliphatic carbocycles. The van der Waals surface area contributed by atoms with Crippen molar-refractivity contribution in [2.24, 2.45) is 0 Å². The van der Waals surface area contributed by atoms with Crippen LogP contribution in [0.1, 0.15) is 11.8 Å². The number of sulfonamides is 1. The van der Waals surface area contributed by atoms with E-state index in [9.17, 15) is 8.42 Å². The number of benzene rings is 1. The van der Waals surface area contributed by atoms with E-state index in [0.717, 1.165) is 15.0 Å². The molecule has 0 atom stereocenters. The van der Waals surface area contributed by atoms with E-state index in [4.69, 9.17) is 0 Å². The van der Waals surface area contributed by atoms with Crippen LogP contribution in [0.3, 0.4) is 0 Å². The molecule has 2 aromatic rings. The molecule has 21 heavy (non-hydrogen) atoms. The van der Waals surface area contributed by atoms with Gasteiger partial charge in [-0.25, -0.2) is 8.42 Å². The van der Waals surface area contributed by atoms with Crippen LogP contribution < -0.4 is 10.0 Å². The van der Waals surface area contributed by atoms with Crippen molar-refractivity contribution in [2.45, 2.75) is 18.4 Å². The molecule has 0 aliphatic rings. The van der Waals surface area contributed by atoms with Gasteiger partial charge in [-0.1, -0.05) is 19.1 Å². The summed E-state index contributed by atoms with van der Waals surface area (Å²) in [6.45, 7) is 3.52. The molecule has 4 nitrogen and oxygen atoms in total. The second kappa shape index (κ2) is 7.40. The summed E-state index contributed by atoms with van der Waals surface area (Å²) in [5.74, 6) is 0. The van der Waals surface area contributed by atoms with Gasteiger partial charge >= 0.3 is 0 Å². The predicted molar refractivity (Wildman–Crippen MR) is 99.4 cm³/mol. The van der Waals surface area contributed by atoms with E-state index >= 15 is 0 Å². The molecule has 0 saturated carbocycles. The summed E-state index contributed by atoms with van der Waals surface area (Å²) < 4.78 is 29.1. The van der Waals surface area contributed by atoms with Crippen LogP contribution in [0.5, 0.6) is 0 Å². The van der Waals surface area contributed by atoms with Gasteiger partial charge in [0.1, 0.15) is 4.90 Å². The Labute approximate surface area is 150 Å². The minimum Gasteiger partial charge on any atom is -0.312 e. The normalized spacial score (nSPS) is 11.6. The molecule has 0 amide bonds. The summed E-state index contributed by atoms with van der Waals surface area (Å²) >= 11 is 6.88. The number of hydrogen-bond acceptors (Lipinski definition) is 4. The summed E-state index contributed by atoms with van der Waals surface area (Å²) in [6.07, 6.45) is 0. The lowest BCUT2D eigenvalue weighted by atomic mass is 10.3. The third-order valence-electron chi connectivity index (χ3n) is 2.66. The lowest BCUT2D eigenvalue weighted by molar-refractivity contribution is 0.601. The first kappa shape index (κ1) is 17.2. The zero-order valence-corrected chi connectivity index (χ0v) is 16.6. The highest BCUT2D eigenvalue weighted by molar-refractivity contribution is 14.1. The third-order valence-corrected chi connectivity index (χ3v) is 7.22. The Morgan fingerprint density at radius 3 is 2.71 bits per heavy atom. The van der Waals surface area contributed by atoms with E-state index in [1.165, 1.54) is 11.3 Å². The largest absolute Gasteiger partial charge is 0.312 e. The fourth-order valence-corrected chi connectivity index (χ4v) is 6.10. The van der Waals surface area contributed by atoms with E-state index in [0.29, 0.717) is 16.0 Å². The molecule has 8 heteroatoms. The van der Waals surface area contributed by atoms with Crippen molar-refractivity contribution in [3.63, 3.8) is 0 Å². The van der Waals surface area contributed by atoms with Gasteiger partial charge in [0, 0.05) is 15.0 Å². The molecule has 1 aromatic carbocycles. The van der Waals surface area contributed by atoms with Crippen LogP contribution >= 0.6 is 49.9 Å². The molecule has 0 fully saturated rings. The van der Waals surface area contributed by atoms with Gasteiger partial charge in [0.15, 0.2) is 0 Å². The Hall–Kier alpha value is -0.160. The van der Waals surface area contributed by atoms with Crippen molar-refractivity contribution >= 4 is 65.6 Å². The Kier molecular flexibility index (Phi) is 6.06. The molecule has 0 saturated heterocycles. The highest BCUT2D eigenvalue weighted by Gasteiger charge is 2.21. The Bertz CT molecular complexity index is 732. The third kappa shape index (κ3) is 4.41. The smallest absolute Gasteiger partial charge is 0.263 e. The number of para-hydroxylation sites is 1. The van der Waals surface area contributed by atoms with Gasteiger partial charge in [0.25, 0.3) is 10.0 Å². The lowest BCUT2D eigenvalue weighted by Gasteiger charge is -2.08. The van der Waals surface area contributed by atoms with Gasteiger partial charge in [0.05, 0.1) is 9.47 Å². The first-order valence-corrected chi connectivity index (χ1v) is 10.4. The van der Waals surface area contributed by atoms with Crippen LogP contribution in [0, 0.1) is 3.57 Å². The first-order valence-electron chi connectivity index (χ1n) is 6.20. The van der Waals surface area contributed by atoms with Crippen LogP contribution in [0.4, 0.5) is 5.69 Å². The van der Waals surface area contributed by atoms with E-state index in [1.54, 1.807) is 18.2 Å². The topological polar surface area (TPSA) is 58.2 Å². The maximum absolute atomic E-state index is 12.5. The molecule has 0 bridgehead atoms. The van der Waals surface area contributed by atoms with Crippen LogP contribution in [-0.2, 0) is 16.6 Å². The zero-order chi connectivity index (χ0) is 15.5. The first-order chi connectivity index (χ1) is 9.94. The molecular weight excluding hydrogens is 487 g/mol. The number of anilines is 1. The molecule has 1 aromatic heterocycles. The molecular formula is C13H14BrIN2O2S2. The van der Waals surface area contributed by atoms with Crippen molar-refractivity contribution in [3.8, 4) is 0 Å². The standard InChI is InChI=1S/C13H14BrIN2O2S2/c1-2-16-8-9-7-12(13(14)20-9)21(18,19)17-11-6-4-3-5-10(11)15/h3-7,16-17H,2,8H2,1H3. The highest BCUT2D eigenvalue weighted by Crippen LogP contribution is 2.33. The number of halogens is 2. The van der Waals surface area contributed by atoms with Gasteiger partial charge in [-0.15, -0.1) is 11.3 Å². The molecule has 1 heterocycles. The Morgan fingerprint density at radius 1 is 1.33 bits per heavy atom. The highest BCUT2D eigenvalue weighted by atomic mass is 127. The quantitative estimate of drug-likeness (QED) is 0.589. The maximum Gasteiger partial charge on any atom is 0.263 e. The minimum absolute atomic E-state index is 0.278. The van der Waals surface area contributed by atoms with E-state index < -0.39 is 10.0 Å². The summed E-state index contributed by atoms with van der Waals surface area (Å²) in [4.78, 5) is 1.26. The second-order valence-electron chi connectivity index (χ2n) is 4.22. The van der Waals surface area contributed by atoms with Crippen molar-refractivity contribution in [3.05, 3.63) is 42.6 Å². The predicted octanol–water partition coefficient (Wildman–Crippen LogP) is 4.03. The number of hydrogen-bond donors (Lipinski definition) is 2. The van der Waals surface area contributed by atoms with Crippen LogP contribution in [-0.4, -0.2) is 15.0 Å². The van der Waals surface area contributed by atoms with E-state index in [2.05, 4.69) is 48.6 Å². The minimum atomic E-state index is -3.59. The van der Waals surface area contributed by atoms with Crippen molar-refractivity contribution in [1.29, 1.82) is 0 Å². The van der Waals surface area contributed by atoms with Gasteiger partial charge in [-0.05, 0) is 63.3 Å². The van der Waals surface area contributed by atoms with Gasteiger partial charge in [0.2, 0.25) is 0 Å². The van der Waals surface area contributed by atoms with Gasteiger partial charge in [-0.2, -0.15) is 0 Å². The average molecular weight is 501 g/mol. The number of thiophene rings is 1. The molecule has 2 rings (SSSR count). The Morgan fingerprint density at radius 2 is 2.05 bits per heavy atom. The van der Waals surface area contributed by atoms with Crippen LogP contribution in [0.25, 0.3) is 0 Å². The molecule has 114 valence electrons. The lowest BCUT2D eigenvalue weighted by Crippen LogP contribution is -2.14. The second-order valence-corrected chi connectivity index (χ2v) is 9.48. The fourth-order valence-electron chi connectivity index (χ4n) is 1.66. The Balaban J connectivity index is 2.27. The number of nitrogens with one attached hydrogen (secondary N) is 2. The van der Waals surface area contributed by atoms with E-state index in [1.807, 2.05) is 19.1 Å². The monoisotopic (exact) mass is 500 g/mol. The average Bonchev–Trinajstić information content (AvgIpc) is 2.81. The van der Waals surface area contributed by atoms with Crippen molar-refractivity contribution < 1.29 is 8.42 Å². The SMILES string of the molecule is CCNCc1cc(S(=O)(=O)Nc2ccccc2I)c(Br)s1. The zero-order valence-electron chi connectivity index (χ0n) is 11.2. The number of rotatable bonds is 6. The fraction of sp³-hybridized carbons (Fsp3) is 0.231. The molecule has 0 unspecified atom stereocenters. The molecule has 0 aliphatic heterocycles. The van der Waals surface area contributed by atoms with Crippen molar-refractivity contribution in [2.75, 3.05) is 11.3 Å². The van der Waals surface area contributed by atoms with Crippen LogP contribution in [0.15, 0.2) is 39.0 Å². The summed E-state index contributed by atoms with van der Waals surface area (Å²) in [6, 6.07) is 8.99. The van der Waals surface area contributed by atoms with Crippen LogP contribution in [0.2, 0.25) is 0 Å². The van der Waals surface area contributed by atoms with Gasteiger partial charge in [-0.3, -0.25) is 4.72 Å². The van der Waals surface area contributed by atoms with Crippen molar-refractivity contribution in [1.82, 2.24) is 5.32 Å². The summed E-state index contributed by atoms with van der Waals surface area (Å²) in [5.41, 5.74) is 0.587. The molecule has 0 spiro atoms. The molecule has 2 N–H and O–H groups in total. The summed E-state index contributed by atoms with van der Waals surface area (Å²) in [5, 5.41) is 3.19. The van der Waals surface area contributed by atoms with Gasteiger partial charge < -0.3 is 5.32 Å². The van der Waals surface area contributed by atoms with E-state index in [-0.39, 0.29) is 4.90 Å². The summed E-state index contributed by atoms with van der Waals surface area (Å²) in [7, 11) is -3.59. The molecule has 0 radical (unpaired) electrons. The maximum atomic E-state index is 12.5.